The molecular formula is C16H17NO4. The summed E-state index contributed by atoms with van der Waals surface area (Å²) in [6.07, 6.45) is 0.769. The van der Waals surface area contributed by atoms with Crippen molar-refractivity contribution < 1.29 is 18.7 Å². The number of ether oxygens (including phenoxy) is 2. The largest absolute Gasteiger partial charge is 0.486 e. The van der Waals surface area contributed by atoms with Crippen LogP contribution in [0.2, 0.25) is 0 Å². The van der Waals surface area contributed by atoms with E-state index in [0.29, 0.717) is 31.3 Å². The lowest BCUT2D eigenvalue weighted by Crippen LogP contribution is -2.24. The summed E-state index contributed by atoms with van der Waals surface area (Å²) in [5.41, 5.74) is 0.892. The van der Waals surface area contributed by atoms with Crippen molar-refractivity contribution in [3.63, 3.8) is 0 Å². The molecular weight excluding hydrogens is 270 g/mol. The molecule has 0 radical (unpaired) electrons. The van der Waals surface area contributed by atoms with Crippen molar-refractivity contribution in [1.82, 2.24) is 5.32 Å². The van der Waals surface area contributed by atoms with Gasteiger partial charge in [0, 0.05) is 18.5 Å². The first kappa shape index (κ1) is 13.5. The van der Waals surface area contributed by atoms with Crippen LogP contribution in [0.15, 0.2) is 34.7 Å². The summed E-state index contributed by atoms with van der Waals surface area (Å²) >= 11 is 0. The van der Waals surface area contributed by atoms with Gasteiger partial charge in [0.2, 0.25) is 0 Å². The second kappa shape index (κ2) is 5.91. The van der Waals surface area contributed by atoms with Crippen LogP contribution in [0.3, 0.4) is 0 Å². The molecule has 1 N–H and O–H groups in total. The number of amides is 1. The van der Waals surface area contributed by atoms with Gasteiger partial charge in [0.25, 0.3) is 5.91 Å². The van der Waals surface area contributed by atoms with E-state index in [0.717, 1.165) is 23.5 Å². The average Bonchev–Trinajstić information content (AvgIpc) is 3.01. The summed E-state index contributed by atoms with van der Waals surface area (Å²) in [6.45, 7) is 3.42. The second-order valence-electron chi connectivity index (χ2n) is 4.74. The zero-order chi connectivity index (χ0) is 14.7. The Labute approximate surface area is 122 Å². The maximum atomic E-state index is 12.0. The van der Waals surface area contributed by atoms with Gasteiger partial charge in [-0.05, 0) is 18.2 Å². The number of fused-ring (bicyclic) bond motifs is 1. The molecule has 1 aliphatic heterocycles. The first-order valence-electron chi connectivity index (χ1n) is 7.02. The fraction of sp³-hybridized carbons (Fsp3) is 0.312. The van der Waals surface area contributed by atoms with Crippen LogP contribution in [0.25, 0.3) is 0 Å². The highest BCUT2D eigenvalue weighted by Crippen LogP contribution is 2.33. The van der Waals surface area contributed by atoms with Crippen molar-refractivity contribution in [3.05, 3.63) is 47.4 Å². The highest BCUT2D eigenvalue weighted by molar-refractivity contribution is 5.91. The Morgan fingerprint density at radius 1 is 1.19 bits per heavy atom. The minimum Gasteiger partial charge on any atom is -0.486 e. The molecule has 1 aromatic carbocycles. The third kappa shape index (κ3) is 2.86. The lowest BCUT2D eigenvalue weighted by Gasteiger charge is -2.20. The maximum absolute atomic E-state index is 12.0. The SMILES string of the molecule is CCc1ccc(C(=O)NCc2cccc3c2OCCO3)o1. The van der Waals surface area contributed by atoms with Crippen LogP contribution in [0.1, 0.15) is 28.8 Å². The molecule has 3 rings (SSSR count). The zero-order valence-electron chi connectivity index (χ0n) is 11.8. The molecule has 5 heteroatoms. The van der Waals surface area contributed by atoms with E-state index in [2.05, 4.69) is 5.32 Å². The van der Waals surface area contributed by atoms with Gasteiger partial charge in [-0.25, -0.2) is 0 Å². The van der Waals surface area contributed by atoms with Gasteiger partial charge in [-0.2, -0.15) is 0 Å². The Hall–Kier alpha value is -2.43. The van der Waals surface area contributed by atoms with Gasteiger partial charge in [-0.15, -0.1) is 0 Å². The lowest BCUT2D eigenvalue weighted by molar-refractivity contribution is 0.0920. The molecule has 0 fully saturated rings. The molecule has 21 heavy (non-hydrogen) atoms. The van der Waals surface area contributed by atoms with Gasteiger partial charge in [0.05, 0.1) is 0 Å². The van der Waals surface area contributed by atoms with E-state index in [4.69, 9.17) is 13.9 Å². The standard InChI is InChI=1S/C16H17NO4/c1-2-12-6-7-14(21-12)16(18)17-10-11-4-3-5-13-15(11)20-9-8-19-13/h3-7H,2,8-10H2,1H3,(H,17,18). The van der Waals surface area contributed by atoms with Crippen LogP contribution in [-0.2, 0) is 13.0 Å². The molecule has 5 nitrogen and oxygen atoms in total. The molecule has 2 heterocycles. The smallest absolute Gasteiger partial charge is 0.287 e. The second-order valence-corrected chi connectivity index (χ2v) is 4.74. The number of furan rings is 1. The number of hydrogen-bond donors (Lipinski definition) is 1. The molecule has 0 aliphatic carbocycles. The zero-order valence-corrected chi connectivity index (χ0v) is 11.8. The van der Waals surface area contributed by atoms with Gasteiger partial charge in [-0.3, -0.25) is 4.79 Å². The van der Waals surface area contributed by atoms with E-state index in [-0.39, 0.29) is 5.91 Å². The average molecular weight is 287 g/mol. The predicted molar refractivity (Wildman–Crippen MR) is 76.7 cm³/mol. The minimum atomic E-state index is -0.232. The molecule has 0 unspecified atom stereocenters. The summed E-state index contributed by atoms with van der Waals surface area (Å²) in [5.74, 6) is 2.32. The number of rotatable bonds is 4. The Balaban J connectivity index is 1.69. The molecule has 110 valence electrons. The molecule has 0 bridgehead atoms. The molecule has 1 amide bonds. The van der Waals surface area contributed by atoms with Crippen LogP contribution in [0.5, 0.6) is 11.5 Å². The van der Waals surface area contributed by atoms with Crippen LogP contribution >= 0.6 is 0 Å². The summed E-state index contributed by atoms with van der Waals surface area (Å²) in [4.78, 5) is 12.0. The van der Waals surface area contributed by atoms with Gasteiger partial charge in [0.1, 0.15) is 19.0 Å². The van der Waals surface area contributed by atoms with Gasteiger partial charge in [-0.1, -0.05) is 19.1 Å². The van der Waals surface area contributed by atoms with Crippen molar-refractivity contribution in [3.8, 4) is 11.5 Å². The molecule has 0 atom stereocenters. The maximum Gasteiger partial charge on any atom is 0.287 e. The fourth-order valence-electron chi connectivity index (χ4n) is 2.23. The molecule has 0 saturated carbocycles. The normalized spacial score (nSPS) is 13.0. The third-order valence-electron chi connectivity index (χ3n) is 3.32. The van der Waals surface area contributed by atoms with E-state index in [9.17, 15) is 4.79 Å². The Morgan fingerprint density at radius 3 is 2.86 bits per heavy atom. The molecule has 0 saturated heterocycles. The summed E-state index contributed by atoms with van der Waals surface area (Å²) < 4.78 is 16.6. The summed E-state index contributed by atoms with van der Waals surface area (Å²) in [7, 11) is 0. The highest BCUT2D eigenvalue weighted by atomic mass is 16.6. The molecule has 2 aromatic rings. The Morgan fingerprint density at radius 2 is 2.05 bits per heavy atom. The monoisotopic (exact) mass is 287 g/mol. The van der Waals surface area contributed by atoms with Crippen molar-refractivity contribution in [2.75, 3.05) is 13.2 Å². The van der Waals surface area contributed by atoms with Crippen LogP contribution < -0.4 is 14.8 Å². The first-order chi connectivity index (χ1) is 10.3. The van der Waals surface area contributed by atoms with Crippen LogP contribution in [-0.4, -0.2) is 19.1 Å². The van der Waals surface area contributed by atoms with Crippen molar-refractivity contribution in [1.29, 1.82) is 0 Å². The van der Waals surface area contributed by atoms with Gasteiger partial charge >= 0.3 is 0 Å². The van der Waals surface area contributed by atoms with E-state index in [1.165, 1.54) is 0 Å². The Kier molecular flexibility index (Phi) is 3.81. The van der Waals surface area contributed by atoms with E-state index in [1.807, 2.05) is 31.2 Å². The minimum absolute atomic E-state index is 0.232. The van der Waals surface area contributed by atoms with Crippen LogP contribution in [0.4, 0.5) is 0 Å². The topological polar surface area (TPSA) is 60.7 Å². The number of aryl methyl sites for hydroxylation is 1. The van der Waals surface area contributed by atoms with Crippen molar-refractivity contribution in [2.24, 2.45) is 0 Å². The Bertz CT molecular complexity index is 647. The first-order valence-corrected chi connectivity index (χ1v) is 7.02. The van der Waals surface area contributed by atoms with E-state index >= 15 is 0 Å². The number of nitrogens with one attached hydrogen (secondary N) is 1. The predicted octanol–water partition coefficient (Wildman–Crippen LogP) is 2.54. The summed E-state index contributed by atoms with van der Waals surface area (Å²) in [5, 5.41) is 2.83. The fourth-order valence-corrected chi connectivity index (χ4v) is 2.23. The quantitative estimate of drug-likeness (QED) is 0.938. The number of para-hydroxylation sites is 1. The number of benzene rings is 1. The van der Waals surface area contributed by atoms with Crippen molar-refractivity contribution >= 4 is 5.91 Å². The van der Waals surface area contributed by atoms with Gasteiger partial charge < -0.3 is 19.2 Å². The lowest BCUT2D eigenvalue weighted by atomic mass is 10.1. The number of carbonyl (C=O) groups is 1. The van der Waals surface area contributed by atoms with Gasteiger partial charge in [0.15, 0.2) is 17.3 Å². The van der Waals surface area contributed by atoms with E-state index < -0.39 is 0 Å². The van der Waals surface area contributed by atoms with Crippen LogP contribution in [0, 0.1) is 0 Å². The van der Waals surface area contributed by atoms with Crippen molar-refractivity contribution in [2.45, 2.75) is 19.9 Å². The highest BCUT2D eigenvalue weighted by Gasteiger charge is 2.17. The molecule has 0 spiro atoms. The molecule has 1 aliphatic rings. The summed E-state index contributed by atoms with van der Waals surface area (Å²) in [6, 6.07) is 9.16. The third-order valence-corrected chi connectivity index (χ3v) is 3.32. The van der Waals surface area contributed by atoms with E-state index in [1.54, 1.807) is 6.07 Å². The number of hydrogen-bond acceptors (Lipinski definition) is 4. The molecule has 1 aromatic heterocycles. The number of carbonyl (C=O) groups excluding carboxylic acids is 1.